The van der Waals surface area contributed by atoms with Crippen LogP contribution in [0.1, 0.15) is 11.1 Å². The van der Waals surface area contributed by atoms with E-state index in [1.807, 2.05) is 0 Å². The highest BCUT2D eigenvalue weighted by Crippen LogP contribution is 2.41. The van der Waals surface area contributed by atoms with Crippen LogP contribution in [0.5, 0.6) is 11.5 Å². The minimum absolute atomic E-state index is 0.410. The highest BCUT2D eigenvalue weighted by atomic mass is 35.5. The number of aromatic hydroxyl groups is 1. The Morgan fingerprint density at radius 3 is 2.00 bits per heavy atom. The normalized spacial score (nSPS) is 9.14. The first-order valence-electron chi connectivity index (χ1n) is 3.25. The molecule has 0 aliphatic carbocycles. The molecule has 0 aliphatic heterocycles. The Morgan fingerprint density at radius 2 is 1.57 bits per heavy atom. The van der Waals surface area contributed by atoms with Crippen molar-refractivity contribution in [3.63, 3.8) is 0 Å². The topological polar surface area (TPSA) is 90.9 Å². The van der Waals surface area contributed by atoms with Crippen LogP contribution in [-0.2, 0) is 0 Å². The van der Waals surface area contributed by atoms with Gasteiger partial charge in [-0.15, -0.1) is 0 Å². The average Bonchev–Trinajstić information content (AvgIpc) is 2.20. The van der Waals surface area contributed by atoms with Crippen LogP contribution in [0.15, 0.2) is 0 Å². The molecule has 14 heavy (non-hydrogen) atoms. The Morgan fingerprint density at radius 1 is 1.07 bits per heavy atom. The molecule has 0 amide bonds. The molecule has 0 bridgehead atoms. The molecule has 0 saturated heterocycles. The number of nitriles is 2. The molecule has 0 atom stereocenters. The highest BCUT2D eigenvalue weighted by molar-refractivity contribution is 6.44. The average molecular weight is 228 g/mol. The summed E-state index contributed by atoms with van der Waals surface area (Å²) in [5.41, 5.74) is -0.952. The first-order chi connectivity index (χ1) is 6.54. The zero-order chi connectivity index (χ0) is 10.9. The zero-order valence-electron chi connectivity index (χ0n) is 6.51. The van der Waals surface area contributed by atoms with Gasteiger partial charge >= 0.3 is 0 Å². The summed E-state index contributed by atoms with van der Waals surface area (Å²) in [5, 5.41) is 36.8. The summed E-state index contributed by atoms with van der Waals surface area (Å²) in [5.74, 6) is -1.50. The van der Waals surface area contributed by atoms with Crippen LogP contribution in [0.2, 0.25) is 10.0 Å². The lowest BCUT2D eigenvalue weighted by Gasteiger charge is -2.14. The van der Waals surface area contributed by atoms with E-state index in [0.29, 0.717) is 0 Å². The molecule has 0 aliphatic rings. The van der Waals surface area contributed by atoms with Crippen LogP contribution in [0.3, 0.4) is 0 Å². The van der Waals surface area contributed by atoms with E-state index in [2.05, 4.69) is 0 Å². The van der Waals surface area contributed by atoms with Crippen molar-refractivity contribution < 1.29 is 10.2 Å². The number of hydrogen-bond donors (Lipinski definition) is 1. The van der Waals surface area contributed by atoms with Gasteiger partial charge in [-0.25, -0.2) is 0 Å². The van der Waals surface area contributed by atoms with Crippen LogP contribution in [-0.4, -0.2) is 5.11 Å². The number of nitrogens with zero attached hydrogens (tertiary/aromatic N) is 2. The van der Waals surface area contributed by atoms with E-state index in [-0.39, 0.29) is 0 Å². The predicted molar refractivity (Wildman–Crippen MR) is 47.0 cm³/mol. The third-order valence-electron chi connectivity index (χ3n) is 1.54. The SMILES string of the molecule is N#Cc1c([O-])c(Cl)c(Cl)c(O)c1C#N. The first kappa shape index (κ1) is 10.5. The van der Waals surface area contributed by atoms with Crippen LogP contribution >= 0.6 is 23.2 Å². The van der Waals surface area contributed by atoms with Gasteiger partial charge in [-0.05, 0) is 0 Å². The van der Waals surface area contributed by atoms with Gasteiger partial charge in [0.1, 0.15) is 22.7 Å². The maximum Gasteiger partial charge on any atom is 0.154 e. The van der Waals surface area contributed by atoms with E-state index >= 15 is 0 Å². The molecule has 1 aromatic rings. The molecule has 0 spiro atoms. The summed E-state index contributed by atoms with van der Waals surface area (Å²) in [6.07, 6.45) is 0. The fourth-order valence-corrected chi connectivity index (χ4v) is 1.23. The smallest absolute Gasteiger partial charge is 0.154 e. The summed E-state index contributed by atoms with van der Waals surface area (Å²) in [6, 6.07) is 2.99. The number of rotatable bonds is 0. The van der Waals surface area contributed by atoms with Gasteiger partial charge in [0.2, 0.25) is 0 Å². The van der Waals surface area contributed by atoms with E-state index < -0.39 is 32.7 Å². The van der Waals surface area contributed by atoms with Crippen LogP contribution in [0.4, 0.5) is 0 Å². The third-order valence-corrected chi connectivity index (χ3v) is 2.36. The molecular weight excluding hydrogens is 227 g/mol. The number of halogens is 2. The van der Waals surface area contributed by atoms with Crippen LogP contribution < -0.4 is 5.11 Å². The monoisotopic (exact) mass is 227 g/mol. The third kappa shape index (κ3) is 1.31. The van der Waals surface area contributed by atoms with E-state index in [9.17, 15) is 10.2 Å². The molecule has 1 aromatic carbocycles. The number of hydrogen-bond acceptors (Lipinski definition) is 4. The van der Waals surface area contributed by atoms with Crippen molar-refractivity contribution in [3.05, 3.63) is 21.2 Å². The Labute approximate surface area is 89.1 Å². The molecule has 0 aromatic heterocycles. The molecule has 6 heteroatoms. The second-order valence-electron chi connectivity index (χ2n) is 2.28. The summed E-state index contributed by atoms with van der Waals surface area (Å²) < 4.78 is 0. The standard InChI is InChI=1S/C8H2Cl2N2O2/c9-5-6(10)8(14)4(2-12)3(1-11)7(5)13/h13-14H/p-1. The molecule has 0 heterocycles. The molecule has 0 radical (unpaired) electrons. The van der Waals surface area contributed by atoms with Crippen molar-refractivity contribution in [2.75, 3.05) is 0 Å². The van der Waals surface area contributed by atoms with E-state index in [1.54, 1.807) is 0 Å². The fraction of sp³-hybridized carbons (Fsp3) is 0. The van der Waals surface area contributed by atoms with Gasteiger partial charge < -0.3 is 10.2 Å². The van der Waals surface area contributed by atoms with Gasteiger partial charge in [-0.1, -0.05) is 29.0 Å². The summed E-state index contributed by atoms with van der Waals surface area (Å²) in [7, 11) is 0. The van der Waals surface area contributed by atoms with E-state index in [4.69, 9.17) is 33.7 Å². The quantitative estimate of drug-likeness (QED) is 0.728. The Bertz CT molecular complexity index is 441. The largest absolute Gasteiger partial charge is 0.871 e. The van der Waals surface area contributed by atoms with Crippen molar-refractivity contribution in [1.29, 1.82) is 10.5 Å². The van der Waals surface area contributed by atoms with Crippen LogP contribution in [0.25, 0.3) is 0 Å². The number of benzene rings is 1. The summed E-state index contributed by atoms with van der Waals surface area (Å²) in [6.45, 7) is 0. The van der Waals surface area contributed by atoms with Gasteiger partial charge in [0.15, 0.2) is 5.75 Å². The molecule has 0 saturated carbocycles. The van der Waals surface area contributed by atoms with Crippen molar-refractivity contribution in [2.45, 2.75) is 0 Å². The molecule has 1 N–H and O–H groups in total. The minimum atomic E-state index is -0.853. The Hall–Kier alpha value is -1.62. The Balaban J connectivity index is 3.79. The van der Waals surface area contributed by atoms with Crippen molar-refractivity contribution in [1.82, 2.24) is 0 Å². The zero-order valence-corrected chi connectivity index (χ0v) is 8.02. The second kappa shape index (κ2) is 3.63. The van der Waals surface area contributed by atoms with Gasteiger partial charge in [-0.3, -0.25) is 0 Å². The molecule has 1 rings (SSSR count). The number of phenolic OH excluding ortho intramolecular Hbond substituents is 1. The van der Waals surface area contributed by atoms with E-state index in [1.165, 1.54) is 12.1 Å². The lowest BCUT2D eigenvalue weighted by atomic mass is 10.1. The lowest BCUT2D eigenvalue weighted by molar-refractivity contribution is -0.268. The second-order valence-corrected chi connectivity index (χ2v) is 3.04. The predicted octanol–water partition coefficient (Wildman–Crippen LogP) is 1.52. The molecule has 0 unspecified atom stereocenters. The Kier molecular flexibility index (Phi) is 2.71. The van der Waals surface area contributed by atoms with Gasteiger partial charge in [0.25, 0.3) is 0 Å². The number of phenols is 1. The molecule has 4 nitrogen and oxygen atoms in total. The summed E-state index contributed by atoms with van der Waals surface area (Å²) >= 11 is 10.9. The molecule has 0 fully saturated rings. The van der Waals surface area contributed by atoms with Gasteiger partial charge in [0, 0.05) is 0 Å². The molecule has 70 valence electrons. The maximum atomic E-state index is 11.3. The first-order valence-corrected chi connectivity index (χ1v) is 4.01. The maximum absolute atomic E-state index is 11.3. The lowest BCUT2D eigenvalue weighted by Crippen LogP contribution is -1.99. The van der Waals surface area contributed by atoms with Crippen molar-refractivity contribution in [2.24, 2.45) is 0 Å². The minimum Gasteiger partial charge on any atom is -0.871 e. The fourth-order valence-electron chi connectivity index (χ4n) is 0.871. The van der Waals surface area contributed by atoms with Crippen molar-refractivity contribution in [3.8, 4) is 23.6 Å². The van der Waals surface area contributed by atoms with E-state index in [0.717, 1.165) is 0 Å². The van der Waals surface area contributed by atoms with Crippen molar-refractivity contribution >= 4 is 23.2 Å². The molecular formula is C8HCl2N2O2-. The summed E-state index contributed by atoms with van der Waals surface area (Å²) in [4.78, 5) is 0. The van der Waals surface area contributed by atoms with Crippen LogP contribution in [0, 0.1) is 22.7 Å². The van der Waals surface area contributed by atoms with Gasteiger partial charge in [0.05, 0.1) is 10.6 Å². The van der Waals surface area contributed by atoms with Gasteiger partial charge in [-0.2, -0.15) is 10.5 Å². The highest BCUT2D eigenvalue weighted by Gasteiger charge is 2.16.